The highest BCUT2D eigenvalue weighted by molar-refractivity contribution is 5.91. The minimum atomic E-state index is -0.654. The zero-order chi connectivity index (χ0) is 19.7. The third kappa shape index (κ3) is 6.89. The van der Waals surface area contributed by atoms with E-state index in [2.05, 4.69) is 0 Å². The van der Waals surface area contributed by atoms with Crippen molar-refractivity contribution in [3.05, 3.63) is 36.5 Å². The molecule has 0 unspecified atom stereocenters. The molecule has 1 heterocycles. The summed E-state index contributed by atoms with van der Waals surface area (Å²) in [6, 6.07) is 0. The maximum atomic E-state index is 12.2. The van der Waals surface area contributed by atoms with Crippen LogP contribution >= 0.6 is 0 Å². The predicted molar refractivity (Wildman–Crippen MR) is 101 cm³/mol. The van der Waals surface area contributed by atoms with Crippen LogP contribution in [0.5, 0.6) is 0 Å². The van der Waals surface area contributed by atoms with Gasteiger partial charge in [0.2, 0.25) is 0 Å². The molecule has 0 radical (unpaired) electrons. The average Bonchev–Trinajstić information content (AvgIpc) is 2.62. The Labute approximate surface area is 156 Å². The highest BCUT2D eigenvalue weighted by Crippen LogP contribution is 2.23. The van der Waals surface area contributed by atoms with Gasteiger partial charge in [0.05, 0.1) is 12.7 Å². The molecule has 146 valence electrons. The van der Waals surface area contributed by atoms with Crippen molar-refractivity contribution in [3.8, 4) is 0 Å². The summed E-state index contributed by atoms with van der Waals surface area (Å²) in [5.74, 6) is -1.34. The fourth-order valence-corrected chi connectivity index (χ4v) is 3.16. The Morgan fingerprint density at radius 3 is 2.42 bits per heavy atom. The minimum absolute atomic E-state index is 0.00278. The van der Waals surface area contributed by atoms with E-state index in [9.17, 15) is 19.8 Å². The molecule has 0 aromatic rings. The normalized spacial score (nSPS) is 38.4. The standard InChI is InChI=1S/C21H32O5/c1-5-19-17(13-22)8-6-7-9-18(23)15(3)12-16(4)21(25)14(2)10-11-20(24)26-19/h6-11,14-17,19,21-22,25H,5,12-13H2,1-4H3/b8-6+,9-7+,11-10+/t14-,15+,16+,17+,19+,21+/m0/s1. The minimum Gasteiger partial charge on any atom is -0.459 e. The molecular weight excluding hydrogens is 332 g/mol. The number of aliphatic hydroxyl groups excluding tert-OH is 2. The zero-order valence-corrected chi connectivity index (χ0v) is 16.2. The summed E-state index contributed by atoms with van der Waals surface area (Å²) in [6.07, 6.45) is 9.59. The van der Waals surface area contributed by atoms with E-state index in [0.29, 0.717) is 12.8 Å². The van der Waals surface area contributed by atoms with Crippen LogP contribution in [0.1, 0.15) is 40.5 Å². The maximum Gasteiger partial charge on any atom is 0.330 e. The van der Waals surface area contributed by atoms with E-state index in [4.69, 9.17) is 4.74 Å². The molecule has 26 heavy (non-hydrogen) atoms. The van der Waals surface area contributed by atoms with Gasteiger partial charge in [0.1, 0.15) is 6.10 Å². The van der Waals surface area contributed by atoms with Gasteiger partial charge in [0, 0.05) is 23.8 Å². The molecule has 0 saturated heterocycles. The average molecular weight is 364 g/mol. The monoisotopic (exact) mass is 364 g/mol. The molecule has 1 rings (SSSR count). The summed E-state index contributed by atoms with van der Waals surface area (Å²) in [5.41, 5.74) is 0. The quantitative estimate of drug-likeness (QED) is 0.736. The lowest BCUT2D eigenvalue weighted by Crippen LogP contribution is -2.28. The zero-order valence-electron chi connectivity index (χ0n) is 16.2. The Morgan fingerprint density at radius 2 is 1.81 bits per heavy atom. The van der Waals surface area contributed by atoms with Crippen LogP contribution in [0, 0.1) is 23.7 Å². The van der Waals surface area contributed by atoms with E-state index in [0.717, 1.165) is 0 Å². The molecule has 0 saturated carbocycles. The van der Waals surface area contributed by atoms with Crippen molar-refractivity contribution in [1.29, 1.82) is 0 Å². The molecule has 0 amide bonds. The number of hydrogen-bond donors (Lipinski definition) is 2. The van der Waals surface area contributed by atoms with Crippen LogP contribution < -0.4 is 0 Å². The summed E-state index contributed by atoms with van der Waals surface area (Å²) in [4.78, 5) is 24.3. The molecule has 0 aromatic carbocycles. The Kier molecular flexibility index (Phi) is 9.52. The van der Waals surface area contributed by atoms with Gasteiger partial charge >= 0.3 is 5.97 Å². The Balaban J connectivity index is 3.09. The van der Waals surface area contributed by atoms with Crippen molar-refractivity contribution in [3.63, 3.8) is 0 Å². The molecule has 2 N–H and O–H groups in total. The summed E-state index contributed by atoms with van der Waals surface area (Å²) in [7, 11) is 0. The van der Waals surface area contributed by atoms with Crippen molar-refractivity contribution < 1.29 is 24.5 Å². The highest BCUT2D eigenvalue weighted by Gasteiger charge is 2.24. The molecule has 1 aliphatic rings. The number of esters is 1. The fraction of sp³-hybridized carbons (Fsp3) is 0.619. The molecule has 1 aliphatic heterocycles. The number of aliphatic hydroxyl groups is 2. The summed E-state index contributed by atoms with van der Waals surface area (Å²) >= 11 is 0. The van der Waals surface area contributed by atoms with E-state index in [1.165, 1.54) is 12.2 Å². The maximum absolute atomic E-state index is 12.2. The van der Waals surface area contributed by atoms with Gasteiger partial charge in [0.25, 0.3) is 0 Å². The number of ether oxygens (including phenoxy) is 1. The van der Waals surface area contributed by atoms with Crippen molar-refractivity contribution in [2.45, 2.75) is 52.7 Å². The topological polar surface area (TPSA) is 83.8 Å². The molecule has 6 atom stereocenters. The SMILES string of the molecule is CC[C@H]1OC(=O)/C=C/[C@H](C)[C@@H](O)[C@H](C)C[C@@H](C)C(=O)/C=C/C=C/[C@@H]1CO. The van der Waals surface area contributed by atoms with E-state index >= 15 is 0 Å². The Bertz CT molecular complexity index is 549. The van der Waals surface area contributed by atoms with Gasteiger partial charge in [-0.3, -0.25) is 4.79 Å². The van der Waals surface area contributed by atoms with Crippen LogP contribution in [0.4, 0.5) is 0 Å². The first kappa shape index (κ1) is 22.3. The van der Waals surface area contributed by atoms with E-state index in [1.54, 1.807) is 24.3 Å². The van der Waals surface area contributed by atoms with Crippen LogP contribution in [-0.2, 0) is 14.3 Å². The third-order valence-corrected chi connectivity index (χ3v) is 4.96. The number of hydrogen-bond acceptors (Lipinski definition) is 5. The molecule has 0 fully saturated rings. The third-order valence-electron chi connectivity index (χ3n) is 4.96. The second-order valence-electron chi connectivity index (χ2n) is 7.20. The first-order valence-electron chi connectivity index (χ1n) is 9.36. The van der Waals surface area contributed by atoms with Gasteiger partial charge in [-0.2, -0.15) is 0 Å². The van der Waals surface area contributed by atoms with Crippen molar-refractivity contribution in [2.24, 2.45) is 23.7 Å². The van der Waals surface area contributed by atoms with Crippen LogP contribution in [0.3, 0.4) is 0 Å². The number of cyclic esters (lactones) is 1. The molecule has 5 heteroatoms. The molecule has 5 nitrogen and oxygen atoms in total. The van der Waals surface area contributed by atoms with Crippen molar-refractivity contribution in [2.75, 3.05) is 6.61 Å². The molecule has 0 bridgehead atoms. The summed E-state index contributed by atoms with van der Waals surface area (Å²) < 4.78 is 5.44. The molecule has 0 spiro atoms. The van der Waals surface area contributed by atoms with Gasteiger partial charge in [0.15, 0.2) is 5.78 Å². The highest BCUT2D eigenvalue weighted by atomic mass is 16.5. The second kappa shape index (κ2) is 11.1. The second-order valence-corrected chi connectivity index (χ2v) is 7.20. The summed E-state index contributed by atoms with van der Waals surface area (Å²) in [6.45, 7) is 7.31. The van der Waals surface area contributed by atoms with Crippen LogP contribution in [0.25, 0.3) is 0 Å². The fourth-order valence-electron chi connectivity index (χ4n) is 3.16. The van der Waals surface area contributed by atoms with E-state index in [1.807, 2.05) is 27.7 Å². The van der Waals surface area contributed by atoms with Crippen molar-refractivity contribution >= 4 is 11.8 Å². The Hall–Kier alpha value is -1.72. The molecule has 0 aliphatic carbocycles. The van der Waals surface area contributed by atoms with Crippen LogP contribution in [-0.4, -0.2) is 40.8 Å². The van der Waals surface area contributed by atoms with Gasteiger partial charge in [-0.15, -0.1) is 0 Å². The number of carbonyl (C=O) groups excluding carboxylic acids is 2. The van der Waals surface area contributed by atoms with Crippen LogP contribution in [0.2, 0.25) is 0 Å². The number of rotatable bonds is 2. The smallest absolute Gasteiger partial charge is 0.330 e. The number of ketones is 1. The lowest BCUT2D eigenvalue weighted by atomic mass is 9.85. The van der Waals surface area contributed by atoms with E-state index < -0.39 is 18.2 Å². The molecule has 0 aromatic heterocycles. The van der Waals surface area contributed by atoms with Gasteiger partial charge in [-0.25, -0.2) is 4.79 Å². The Morgan fingerprint density at radius 1 is 1.12 bits per heavy atom. The van der Waals surface area contributed by atoms with Crippen molar-refractivity contribution in [1.82, 2.24) is 0 Å². The number of allylic oxidation sites excluding steroid dienone is 3. The lowest BCUT2D eigenvalue weighted by Gasteiger charge is -2.25. The van der Waals surface area contributed by atoms with Crippen LogP contribution in [0.15, 0.2) is 36.5 Å². The van der Waals surface area contributed by atoms with Gasteiger partial charge in [-0.05, 0) is 24.8 Å². The van der Waals surface area contributed by atoms with Gasteiger partial charge < -0.3 is 14.9 Å². The summed E-state index contributed by atoms with van der Waals surface area (Å²) in [5, 5.41) is 20.0. The number of carbonyl (C=O) groups is 2. The largest absolute Gasteiger partial charge is 0.459 e. The van der Waals surface area contributed by atoms with Gasteiger partial charge in [-0.1, -0.05) is 52.0 Å². The predicted octanol–water partition coefficient (Wildman–Crippen LogP) is 2.83. The first-order chi connectivity index (χ1) is 12.3. The first-order valence-corrected chi connectivity index (χ1v) is 9.36. The lowest BCUT2D eigenvalue weighted by molar-refractivity contribution is -0.145. The van der Waals surface area contributed by atoms with E-state index in [-0.39, 0.29) is 36.1 Å². The molecular formula is C21H32O5.